The van der Waals surface area contributed by atoms with Crippen LogP contribution in [0.4, 0.5) is 10.1 Å². The first kappa shape index (κ1) is 37.7. The molecule has 3 aromatic carbocycles. The normalized spacial score (nSPS) is 12.1. The van der Waals surface area contributed by atoms with E-state index in [0.29, 0.717) is 28.1 Å². The summed E-state index contributed by atoms with van der Waals surface area (Å²) >= 11 is 0. The van der Waals surface area contributed by atoms with Crippen LogP contribution in [0.5, 0.6) is 5.75 Å². The van der Waals surface area contributed by atoms with Crippen molar-refractivity contribution in [2.45, 2.75) is 57.8 Å². The second kappa shape index (κ2) is 17.3. The maximum Gasteiger partial charge on any atom is 1.00 e. The van der Waals surface area contributed by atoms with Crippen molar-refractivity contribution in [3.63, 3.8) is 0 Å². The van der Waals surface area contributed by atoms with Crippen LogP contribution >= 0.6 is 0 Å². The molecule has 2 unspecified atom stereocenters. The van der Waals surface area contributed by atoms with Crippen molar-refractivity contribution < 1.29 is 93.5 Å². The molecule has 1 amide bonds. The van der Waals surface area contributed by atoms with Gasteiger partial charge in [-0.25, -0.2) is 4.39 Å². The number of carbonyl (C=O) groups is 2. The van der Waals surface area contributed by atoms with Crippen LogP contribution in [-0.4, -0.2) is 38.9 Å². The SMILES string of the molecule is CC(C)c1c(C(=O)Nc2ccccc2[O-])c(-c2ccccc2)c(-c2ccc(F)cc2)n1CCC(O)CC(O)CC(=O)[O-].[Na+].[Na+]. The summed E-state index contributed by atoms with van der Waals surface area (Å²) in [5.74, 6) is -2.87. The first-order chi connectivity index (χ1) is 20.1. The molecule has 2 atom stereocenters. The fraction of sp³-hybridized carbons (Fsp3) is 0.273. The summed E-state index contributed by atoms with van der Waals surface area (Å²) in [6, 6.07) is 21.3. The van der Waals surface area contributed by atoms with E-state index in [1.807, 2.05) is 48.7 Å². The number of halogens is 1. The van der Waals surface area contributed by atoms with E-state index >= 15 is 0 Å². The van der Waals surface area contributed by atoms with Crippen molar-refractivity contribution in [1.29, 1.82) is 0 Å². The molecule has 0 saturated carbocycles. The third-order valence-corrected chi connectivity index (χ3v) is 7.03. The van der Waals surface area contributed by atoms with Crippen LogP contribution in [0.25, 0.3) is 22.4 Å². The van der Waals surface area contributed by atoms with E-state index in [1.165, 1.54) is 24.3 Å². The second-order valence-corrected chi connectivity index (χ2v) is 10.5. The predicted octanol–water partition coefficient (Wildman–Crippen LogP) is -1.94. The third kappa shape index (κ3) is 9.28. The molecule has 44 heavy (non-hydrogen) atoms. The number of carboxylic acid groups (broad SMARTS) is 1. The number of amides is 1. The standard InChI is InChI=1S/C33H35FN2O6.2Na/c1-20(2)31-30(33(42)35-26-10-6-7-11-27(26)39)29(21-8-4-3-5-9-21)32(22-12-14-23(34)15-13-22)36(31)17-16-24(37)18-25(38)19-28(40)41;;/h3-15,20,24-25,37-39H,16-19H2,1-2H3,(H,35,42)(H,40,41);;/q;2*+1/p-2. The van der Waals surface area contributed by atoms with Crippen LogP contribution in [-0.2, 0) is 11.3 Å². The number of hydrogen-bond acceptors (Lipinski definition) is 6. The monoisotopic (exact) mass is 618 g/mol. The number of nitrogens with zero attached hydrogens (tertiary/aromatic N) is 1. The molecule has 0 saturated heterocycles. The van der Waals surface area contributed by atoms with Crippen molar-refractivity contribution in [3.8, 4) is 28.1 Å². The predicted molar refractivity (Wildman–Crippen MR) is 154 cm³/mol. The van der Waals surface area contributed by atoms with Gasteiger partial charge in [0.05, 0.1) is 23.5 Å². The molecule has 0 aliphatic rings. The zero-order chi connectivity index (χ0) is 30.4. The van der Waals surface area contributed by atoms with Crippen molar-refractivity contribution in [2.24, 2.45) is 0 Å². The molecular weight excluding hydrogens is 585 g/mol. The number of anilines is 1. The van der Waals surface area contributed by atoms with Crippen molar-refractivity contribution in [2.75, 3.05) is 5.32 Å². The molecule has 4 rings (SSSR count). The van der Waals surface area contributed by atoms with Gasteiger partial charge in [0.25, 0.3) is 5.91 Å². The van der Waals surface area contributed by atoms with Gasteiger partial charge in [-0.2, -0.15) is 0 Å². The van der Waals surface area contributed by atoms with E-state index in [1.54, 1.807) is 24.3 Å². The van der Waals surface area contributed by atoms with Gasteiger partial charge in [0.2, 0.25) is 0 Å². The Morgan fingerprint density at radius 3 is 2.09 bits per heavy atom. The van der Waals surface area contributed by atoms with E-state index in [4.69, 9.17) is 0 Å². The first-order valence-corrected chi connectivity index (χ1v) is 13.8. The summed E-state index contributed by atoms with van der Waals surface area (Å²) in [5, 5.41) is 46.8. The minimum Gasteiger partial charge on any atom is -0.871 e. The van der Waals surface area contributed by atoms with Crippen molar-refractivity contribution in [3.05, 3.63) is 95.9 Å². The van der Waals surface area contributed by atoms with E-state index < -0.39 is 36.3 Å². The molecule has 0 spiro atoms. The minimum absolute atomic E-state index is 0. The molecule has 1 heterocycles. The number of aromatic nitrogens is 1. The Hall–Kier alpha value is -2.47. The van der Waals surface area contributed by atoms with Gasteiger partial charge in [0.1, 0.15) is 5.82 Å². The molecule has 0 aliphatic heterocycles. The van der Waals surface area contributed by atoms with Gasteiger partial charge < -0.3 is 35.1 Å². The largest absolute Gasteiger partial charge is 1.00 e. The Balaban J connectivity index is 0.00000337. The van der Waals surface area contributed by atoms with Crippen LogP contribution in [0.3, 0.4) is 0 Å². The van der Waals surface area contributed by atoms with Crippen molar-refractivity contribution in [1.82, 2.24) is 4.57 Å². The number of aliphatic hydroxyl groups excluding tert-OH is 2. The van der Waals surface area contributed by atoms with Crippen LogP contribution in [0.15, 0.2) is 78.9 Å². The van der Waals surface area contributed by atoms with Gasteiger partial charge in [-0.1, -0.05) is 68.1 Å². The number of hydrogen-bond donors (Lipinski definition) is 3. The Kier molecular flexibility index (Phi) is 14.8. The van der Waals surface area contributed by atoms with Gasteiger partial charge in [0, 0.05) is 35.9 Å². The van der Waals surface area contributed by atoms with Crippen LogP contribution in [0.2, 0.25) is 0 Å². The topological polar surface area (TPSA) is 138 Å². The minimum atomic E-state index is -1.41. The maximum absolute atomic E-state index is 14.1. The third-order valence-electron chi connectivity index (χ3n) is 7.03. The van der Waals surface area contributed by atoms with Crippen LogP contribution in [0.1, 0.15) is 55.1 Å². The second-order valence-electron chi connectivity index (χ2n) is 10.5. The van der Waals surface area contributed by atoms with Gasteiger partial charge >= 0.3 is 59.1 Å². The fourth-order valence-electron chi connectivity index (χ4n) is 5.23. The average Bonchev–Trinajstić information content (AvgIpc) is 3.29. The summed E-state index contributed by atoms with van der Waals surface area (Å²) in [6.07, 6.45) is -2.96. The fourth-order valence-corrected chi connectivity index (χ4v) is 5.23. The number of carbonyl (C=O) groups excluding carboxylic acids is 2. The Morgan fingerprint density at radius 1 is 0.886 bits per heavy atom. The molecule has 0 fully saturated rings. The Morgan fingerprint density at radius 2 is 1.50 bits per heavy atom. The molecule has 8 nitrogen and oxygen atoms in total. The maximum atomic E-state index is 14.1. The molecule has 0 bridgehead atoms. The molecule has 3 N–H and O–H groups in total. The van der Waals surface area contributed by atoms with Gasteiger partial charge in [-0.3, -0.25) is 4.79 Å². The number of para-hydroxylation sites is 2. The van der Waals surface area contributed by atoms with Crippen LogP contribution < -0.4 is 74.6 Å². The zero-order valence-electron chi connectivity index (χ0n) is 25.4. The van der Waals surface area contributed by atoms with Gasteiger partial charge in [0.15, 0.2) is 0 Å². The molecular formula is C33H33FN2Na2O6. The number of benzene rings is 3. The molecule has 11 heteroatoms. The Labute approximate surface area is 300 Å². The van der Waals surface area contributed by atoms with Crippen molar-refractivity contribution >= 4 is 17.6 Å². The van der Waals surface area contributed by atoms with Gasteiger partial charge in [-0.15, -0.1) is 0 Å². The molecule has 4 aromatic rings. The first-order valence-electron chi connectivity index (χ1n) is 13.8. The van der Waals surface area contributed by atoms with E-state index in [2.05, 4.69) is 5.32 Å². The number of nitrogens with one attached hydrogen (secondary N) is 1. The molecule has 220 valence electrons. The van der Waals surface area contributed by atoms with E-state index in [0.717, 1.165) is 5.56 Å². The van der Waals surface area contributed by atoms with Gasteiger partial charge in [-0.05, 0) is 60.2 Å². The molecule has 1 aromatic heterocycles. The number of aliphatic hydroxyl groups is 2. The van der Waals surface area contributed by atoms with E-state index in [9.17, 15) is 34.4 Å². The van der Waals surface area contributed by atoms with Crippen LogP contribution in [0, 0.1) is 5.82 Å². The Bertz CT molecular complexity index is 1540. The molecule has 0 aliphatic carbocycles. The summed E-state index contributed by atoms with van der Waals surface area (Å²) in [5.41, 5.74) is 3.66. The molecule has 0 radical (unpaired) electrons. The summed E-state index contributed by atoms with van der Waals surface area (Å²) in [4.78, 5) is 24.9. The summed E-state index contributed by atoms with van der Waals surface area (Å²) in [6.45, 7) is 4.05. The summed E-state index contributed by atoms with van der Waals surface area (Å²) < 4.78 is 15.9. The summed E-state index contributed by atoms with van der Waals surface area (Å²) in [7, 11) is 0. The quantitative estimate of drug-likeness (QED) is 0.158. The number of rotatable bonds is 12. The zero-order valence-corrected chi connectivity index (χ0v) is 29.4. The number of carboxylic acids is 1. The smallest absolute Gasteiger partial charge is 0.871 e. The van der Waals surface area contributed by atoms with E-state index in [-0.39, 0.29) is 95.9 Å². The average molecular weight is 619 g/mol. The number of aliphatic carboxylic acids is 1.